The summed E-state index contributed by atoms with van der Waals surface area (Å²) in [6, 6.07) is 7.50. The number of methoxy groups -OCH3 is 1. The molecule has 0 bridgehead atoms. The molecule has 1 aromatic carbocycles. The van der Waals surface area contributed by atoms with Crippen LogP contribution in [-0.2, 0) is 22.4 Å². The summed E-state index contributed by atoms with van der Waals surface area (Å²) >= 11 is 0. The van der Waals surface area contributed by atoms with Crippen molar-refractivity contribution in [3.8, 4) is 11.4 Å². The van der Waals surface area contributed by atoms with E-state index in [1.807, 2.05) is 24.3 Å². The number of rotatable bonds is 6. The van der Waals surface area contributed by atoms with E-state index in [1.165, 1.54) is 0 Å². The van der Waals surface area contributed by atoms with Gasteiger partial charge in [0.25, 0.3) is 0 Å². The number of nitrogens with two attached hydrogens (primary N) is 1. The van der Waals surface area contributed by atoms with Gasteiger partial charge in [0, 0.05) is 19.5 Å². The van der Waals surface area contributed by atoms with E-state index in [1.54, 1.807) is 11.8 Å². The third-order valence-corrected chi connectivity index (χ3v) is 3.78. The van der Waals surface area contributed by atoms with E-state index in [0.717, 1.165) is 30.4 Å². The largest absolute Gasteiger partial charge is 0.497 e. The first-order valence-corrected chi connectivity index (χ1v) is 7.85. The zero-order chi connectivity index (χ0) is 16.9. The number of hydrogen-bond donors (Lipinski definition) is 2. The number of morpholine rings is 1. The van der Waals surface area contributed by atoms with E-state index >= 15 is 0 Å². The van der Waals surface area contributed by atoms with Gasteiger partial charge in [-0.2, -0.15) is 5.10 Å². The summed E-state index contributed by atoms with van der Waals surface area (Å²) in [4.78, 5) is 15.7. The maximum Gasteiger partial charge on any atom is 0.225 e. The summed E-state index contributed by atoms with van der Waals surface area (Å²) in [6.07, 6.45) is 0.645. The van der Waals surface area contributed by atoms with Crippen LogP contribution in [0.3, 0.4) is 0 Å². The average molecular weight is 331 g/mol. The molecule has 0 spiro atoms. The number of carbonyl (C=O) groups excluding carboxylic acids is 1. The molecule has 1 amide bonds. The van der Waals surface area contributed by atoms with Gasteiger partial charge in [-0.1, -0.05) is 0 Å². The predicted molar refractivity (Wildman–Crippen MR) is 87.1 cm³/mol. The summed E-state index contributed by atoms with van der Waals surface area (Å²) in [7, 11) is 1.62. The summed E-state index contributed by atoms with van der Waals surface area (Å²) in [5.74, 6) is 1.46. The molecule has 2 aromatic rings. The lowest BCUT2D eigenvalue weighted by Crippen LogP contribution is -2.40. The highest BCUT2D eigenvalue weighted by Crippen LogP contribution is 2.17. The van der Waals surface area contributed by atoms with Crippen LogP contribution in [0.5, 0.6) is 5.75 Å². The van der Waals surface area contributed by atoms with Crippen LogP contribution in [0.4, 0.5) is 0 Å². The van der Waals surface area contributed by atoms with Crippen LogP contribution in [0.25, 0.3) is 5.69 Å². The quantitative estimate of drug-likeness (QED) is 0.762. The molecule has 0 radical (unpaired) electrons. The standard InChI is InChI=1S/C16H21N5O3/c1-23-12-4-2-11(3-5-12)21-16(8-13-10-18-6-7-24-13)19-15(20-21)9-14(17)22/h2-5,13,18H,6-10H2,1H3,(H2,17,22)/t13-/m1/s1. The van der Waals surface area contributed by atoms with Crippen molar-refractivity contribution in [3.05, 3.63) is 35.9 Å². The minimum atomic E-state index is -0.455. The van der Waals surface area contributed by atoms with Crippen LogP contribution in [0, 0.1) is 0 Å². The lowest BCUT2D eigenvalue weighted by Gasteiger charge is -2.23. The number of nitrogens with one attached hydrogen (secondary N) is 1. The van der Waals surface area contributed by atoms with Gasteiger partial charge in [-0.3, -0.25) is 4.79 Å². The lowest BCUT2D eigenvalue weighted by atomic mass is 10.2. The fraction of sp³-hybridized carbons (Fsp3) is 0.438. The van der Waals surface area contributed by atoms with E-state index in [0.29, 0.717) is 18.9 Å². The molecule has 8 nitrogen and oxygen atoms in total. The zero-order valence-electron chi connectivity index (χ0n) is 13.6. The Hall–Kier alpha value is -2.45. The van der Waals surface area contributed by atoms with Gasteiger partial charge in [-0.15, -0.1) is 0 Å². The molecule has 1 atom stereocenters. The molecule has 0 unspecified atom stereocenters. The second kappa shape index (κ2) is 7.41. The second-order valence-corrected chi connectivity index (χ2v) is 5.60. The molecule has 24 heavy (non-hydrogen) atoms. The number of primary amides is 1. The molecule has 1 aliphatic rings. The van der Waals surface area contributed by atoms with Gasteiger partial charge >= 0.3 is 0 Å². The van der Waals surface area contributed by atoms with E-state index in [2.05, 4.69) is 15.4 Å². The van der Waals surface area contributed by atoms with E-state index < -0.39 is 5.91 Å². The van der Waals surface area contributed by atoms with Gasteiger partial charge in [0.05, 0.1) is 31.9 Å². The zero-order valence-corrected chi connectivity index (χ0v) is 13.6. The Morgan fingerprint density at radius 2 is 2.25 bits per heavy atom. The minimum absolute atomic E-state index is 0.0138. The number of aromatic nitrogens is 3. The van der Waals surface area contributed by atoms with Crippen LogP contribution < -0.4 is 15.8 Å². The Balaban J connectivity index is 1.88. The molecule has 1 aliphatic heterocycles. The molecule has 128 valence electrons. The molecule has 1 aromatic heterocycles. The van der Waals surface area contributed by atoms with Gasteiger partial charge in [-0.05, 0) is 24.3 Å². The van der Waals surface area contributed by atoms with E-state index in [4.69, 9.17) is 15.2 Å². The lowest BCUT2D eigenvalue weighted by molar-refractivity contribution is -0.117. The number of ether oxygens (including phenoxy) is 2. The van der Waals surface area contributed by atoms with Crippen LogP contribution in [-0.4, -0.2) is 53.6 Å². The molecule has 0 aliphatic carbocycles. The SMILES string of the molecule is COc1ccc(-n2nc(CC(N)=O)nc2C[C@@H]2CNCCO2)cc1. The minimum Gasteiger partial charge on any atom is -0.497 e. The Labute approximate surface area is 140 Å². The molecule has 3 rings (SSSR count). The Bertz CT molecular complexity index is 692. The summed E-state index contributed by atoms with van der Waals surface area (Å²) < 4.78 is 12.7. The van der Waals surface area contributed by atoms with Crippen LogP contribution in [0.1, 0.15) is 11.6 Å². The molecule has 2 heterocycles. The monoisotopic (exact) mass is 331 g/mol. The Morgan fingerprint density at radius 1 is 1.46 bits per heavy atom. The van der Waals surface area contributed by atoms with Gasteiger partial charge in [0.15, 0.2) is 5.82 Å². The molecule has 1 saturated heterocycles. The summed E-state index contributed by atoms with van der Waals surface area (Å²) in [6.45, 7) is 2.30. The van der Waals surface area contributed by atoms with Gasteiger partial charge < -0.3 is 20.5 Å². The molecule has 3 N–H and O–H groups in total. The maximum atomic E-state index is 11.2. The van der Waals surface area contributed by atoms with Gasteiger partial charge in [0.1, 0.15) is 11.6 Å². The number of benzene rings is 1. The predicted octanol–water partition coefficient (Wildman–Crippen LogP) is -0.165. The average Bonchev–Trinajstić information content (AvgIpc) is 2.97. The second-order valence-electron chi connectivity index (χ2n) is 5.60. The van der Waals surface area contributed by atoms with Crippen molar-refractivity contribution in [1.82, 2.24) is 20.1 Å². The Kier molecular flexibility index (Phi) is 5.07. The van der Waals surface area contributed by atoms with Gasteiger partial charge in [-0.25, -0.2) is 9.67 Å². The summed E-state index contributed by atoms with van der Waals surface area (Å²) in [5, 5.41) is 7.72. The molecular weight excluding hydrogens is 310 g/mol. The fourth-order valence-corrected chi connectivity index (χ4v) is 2.64. The number of amides is 1. The normalized spacial score (nSPS) is 17.6. The van der Waals surface area contributed by atoms with Crippen molar-refractivity contribution in [3.63, 3.8) is 0 Å². The fourth-order valence-electron chi connectivity index (χ4n) is 2.64. The van der Waals surface area contributed by atoms with Crippen LogP contribution in [0.2, 0.25) is 0 Å². The highest BCUT2D eigenvalue weighted by Gasteiger charge is 2.20. The van der Waals surface area contributed by atoms with E-state index in [9.17, 15) is 4.79 Å². The van der Waals surface area contributed by atoms with Crippen LogP contribution in [0.15, 0.2) is 24.3 Å². The number of hydrogen-bond acceptors (Lipinski definition) is 6. The number of carbonyl (C=O) groups is 1. The van der Waals surface area contributed by atoms with E-state index in [-0.39, 0.29) is 12.5 Å². The molecule has 8 heteroatoms. The smallest absolute Gasteiger partial charge is 0.225 e. The third kappa shape index (κ3) is 3.90. The Morgan fingerprint density at radius 3 is 2.88 bits per heavy atom. The van der Waals surface area contributed by atoms with Crippen molar-refractivity contribution in [1.29, 1.82) is 0 Å². The maximum absolute atomic E-state index is 11.2. The third-order valence-electron chi connectivity index (χ3n) is 3.78. The first-order chi connectivity index (χ1) is 11.7. The molecule has 0 saturated carbocycles. The van der Waals surface area contributed by atoms with Crippen molar-refractivity contribution in [2.75, 3.05) is 26.8 Å². The highest BCUT2D eigenvalue weighted by molar-refractivity contribution is 5.75. The topological polar surface area (TPSA) is 104 Å². The first-order valence-electron chi connectivity index (χ1n) is 7.85. The van der Waals surface area contributed by atoms with Crippen molar-refractivity contribution >= 4 is 5.91 Å². The van der Waals surface area contributed by atoms with Crippen molar-refractivity contribution < 1.29 is 14.3 Å². The number of nitrogens with zero attached hydrogens (tertiary/aromatic N) is 3. The molecular formula is C16H21N5O3. The summed E-state index contributed by atoms with van der Waals surface area (Å²) in [5.41, 5.74) is 6.11. The van der Waals surface area contributed by atoms with Crippen LogP contribution >= 0.6 is 0 Å². The molecule has 1 fully saturated rings. The van der Waals surface area contributed by atoms with Crippen molar-refractivity contribution in [2.45, 2.75) is 18.9 Å². The highest BCUT2D eigenvalue weighted by atomic mass is 16.5. The van der Waals surface area contributed by atoms with Gasteiger partial charge in [0.2, 0.25) is 5.91 Å². The van der Waals surface area contributed by atoms with Crippen molar-refractivity contribution in [2.24, 2.45) is 5.73 Å². The first kappa shape index (κ1) is 16.4.